The lowest BCUT2D eigenvalue weighted by Crippen LogP contribution is -2.11. The molecule has 0 spiro atoms. The summed E-state index contributed by atoms with van der Waals surface area (Å²) in [5.41, 5.74) is 2.57. The Morgan fingerprint density at radius 3 is 2.58 bits per heavy atom. The highest BCUT2D eigenvalue weighted by Gasteiger charge is 2.11. The minimum atomic E-state index is -0.202. The number of amides is 1. The van der Waals surface area contributed by atoms with Gasteiger partial charge in [0.15, 0.2) is 5.82 Å². The van der Waals surface area contributed by atoms with Gasteiger partial charge < -0.3 is 0 Å². The molecular formula is C19H15N5OS. The highest BCUT2D eigenvalue weighted by Crippen LogP contribution is 2.21. The van der Waals surface area contributed by atoms with Gasteiger partial charge in [0.2, 0.25) is 5.13 Å². The quantitative estimate of drug-likeness (QED) is 0.588. The standard InChI is InChI=1S/C19H15N5OS/c25-18(16-9-7-14(8-10-16)13-24-12-4-11-20-24)22-19-21-17(23-26-19)15-5-2-1-3-6-15/h1-12H,13H2,(H,21,22,23,25). The second kappa shape index (κ2) is 7.28. The summed E-state index contributed by atoms with van der Waals surface area (Å²) in [5.74, 6) is 0.409. The average Bonchev–Trinajstić information content (AvgIpc) is 3.35. The van der Waals surface area contributed by atoms with Crippen LogP contribution in [-0.2, 0) is 6.54 Å². The van der Waals surface area contributed by atoms with E-state index in [4.69, 9.17) is 0 Å². The van der Waals surface area contributed by atoms with E-state index < -0.39 is 0 Å². The van der Waals surface area contributed by atoms with Crippen LogP contribution in [-0.4, -0.2) is 25.0 Å². The molecule has 0 unspecified atom stereocenters. The smallest absolute Gasteiger partial charge is 0.257 e. The van der Waals surface area contributed by atoms with Crippen LogP contribution in [0.3, 0.4) is 0 Å². The number of rotatable bonds is 5. The van der Waals surface area contributed by atoms with Crippen molar-refractivity contribution in [2.24, 2.45) is 0 Å². The number of nitrogens with one attached hydrogen (secondary N) is 1. The maximum Gasteiger partial charge on any atom is 0.257 e. The molecule has 2 aromatic heterocycles. The number of carbonyl (C=O) groups excluding carboxylic acids is 1. The van der Waals surface area contributed by atoms with E-state index in [9.17, 15) is 4.79 Å². The van der Waals surface area contributed by atoms with Gasteiger partial charge in [-0.15, -0.1) is 0 Å². The topological polar surface area (TPSA) is 72.7 Å². The minimum Gasteiger partial charge on any atom is -0.297 e. The number of benzene rings is 2. The molecule has 2 aromatic carbocycles. The van der Waals surface area contributed by atoms with Crippen molar-refractivity contribution in [3.8, 4) is 11.4 Å². The van der Waals surface area contributed by atoms with Crippen LogP contribution in [0.4, 0.5) is 5.13 Å². The van der Waals surface area contributed by atoms with E-state index in [0.717, 1.165) is 11.1 Å². The summed E-state index contributed by atoms with van der Waals surface area (Å²) < 4.78 is 6.13. The van der Waals surface area contributed by atoms with Crippen LogP contribution in [0.2, 0.25) is 0 Å². The number of aromatic nitrogens is 4. The van der Waals surface area contributed by atoms with Crippen LogP contribution in [0.25, 0.3) is 11.4 Å². The first-order valence-corrected chi connectivity index (χ1v) is 8.82. The van der Waals surface area contributed by atoms with Crippen LogP contribution in [0.5, 0.6) is 0 Å². The number of nitrogens with zero attached hydrogens (tertiary/aromatic N) is 4. The van der Waals surface area contributed by atoms with E-state index in [1.54, 1.807) is 18.3 Å². The molecule has 0 aliphatic rings. The lowest BCUT2D eigenvalue weighted by atomic mass is 10.1. The summed E-state index contributed by atoms with van der Waals surface area (Å²) in [6, 6.07) is 19.0. The third-order valence-corrected chi connectivity index (χ3v) is 4.43. The second-order valence-electron chi connectivity index (χ2n) is 5.64. The van der Waals surface area contributed by atoms with Gasteiger partial charge in [-0.25, -0.2) is 0 Å². The highest BCUT2D eigenvalue weighted by atomic mass is 32.1. The lowest BCUT2D eigenvalue weighted by molar-refractivity contribution is 0.102. The van der Waals surface area contributed by atoms with Gasteiger partial charge in [-0.2, -0.15) is 14.5 Å². The zero-order valence-electron chi connectivity index (χ0n) is 13.7. The largest absolute Gasteiger partial charge is 0.297 e. The molecule has 0 saturated carbocycles. The predicted molar refractivity (Wildman–Crippen MR) is 101 cm³/mol. The molecule has 0 radical (unpaired) electrons. The molecule has 0 bridgehead atoms. The normalized spacial score (nSPS) is 10.6. The summed E-state index contributed by atoms with van der Waals surface area (Å²) in [6.45, 7) is 0.672. The van der Waals surface area contributed by atoms with Crippen molar-refractivity contribution in [3.05, 3.63) is 84.2 Å². The Hall–Kier alpha value is -3.32. The van der Waals surface area contributed by atoms with Gasteiger partial charge in [0.1, 0.15) is 0 Å². The first-order valence-electron chi connectivity index (χ1n) is 8.05. The van der Waals surface area contributed by atoms with Crippen molar-refractivity contribution in [1.29, 1.82) is 0 Å². The molecule has 26 heavy (non-hydrogen) atoms. The average molecular weight is 361 g/mol. The van der Waals surface area contributed by atoms with Crippen molar-refractivity contribution in [1.82, 2.24) is 19.1 Å². The Balaban J connectivity index is 1.42. The Bertz CT molecular complexity index is 994. The van der Waals surface area contributed by atoms with E-state index >= 15 is 0 Å². The highest BCUT2D eigenvalue weighted by molar-refractivity contribution is 7.10. The molecule has 1 N–H and O–H groups in total. The summed E-state index contributed by atoms with van der Waals surface area (Å²) in [5, 5.41) is 7.46. The van der Waals surface area contributed by atoms with E-state index in [2.05, 4.69) is 19.8 Å². The van der Waals surface area contributed by atoms with Crippen molar-refractivity contribution in [2.45, 2.75) is 6.54 Å². The molecule has 128 valence electrons. The fourth-order valence-electron chi connectivity index (χ4n) is 2.49. The zero-order valence-corrected chi connectivity index (χ0v) is 14.6. The van der Waals surface area contributed by atoms with Gasteiger partial charge in [-0.05, 0) is 23.8 Å². The van der Waals surface area contributed by atoms with Gasteiger partial charge in [-0.1, -0.05) is 42.5 Å². The molecule has 0 aliphatic heterocycles. The number of hydrogen-bond donors (Lipinski definition) is 1. The van der Waals surface area contributed by atoms with E-state index in [-0.39, 0.29) is 5.91 Å². The molecular weight excluding hydrogens is 346 g/mol. The maximum atomic E-state index is 12.4. The molecule has 2 heterocycles. The SMILES string of the molecule is O=C(Nc1nc(-c2ccccc2)ns1)c1ccc(Cn2cccn2)cc1. The lowest BCUT2D eigenvalue weighted by Gasteiger charge is -2.04. The van der Waals surface area contributed by atoms with Gasteiger partial charge in [0.25, 0.3) is 5.91 Å². The van der Waals surface area contributed by atoms with Crippen molar-refractivity contribution >= 4 is 22.6 Å². The van der Waals surface area contributed by atoms with Gasteiger partial charge >= 0.3 is 0 Å². The molecule has 4 rings (SSSR count). The minimum absolute atomic E-state index is 0.202. The summed E-state index contributed by atoms with van der Waals surface area (Å²) in [7, 11) is 0. The third kappa shape index (κ3) is 3.68. The van der Waals surface area contributed by atoms with Crippen molar-refractivity contribution in [2.75, 3.05) is 5.32 Å². The fraction of sp³-hybridized carbons (Fsp3) is 0.0526. The van der Waals surface area contributed by atoms with Crippen LogP contribution < -0.4 is 5.32 Å². The number of hydrogen-bond acceptors (Lipinski definition) is 5. The van der Waals surface area contributed by atoms with E-state index in [1.165, 1.54) is 11.5 Å². The predicted octanol–water partition coefficient (Wildman–Crippen LogP) is 3.70. The Kier molecular flexibility index (Phi) is 4.53. The Morgan fingerprint density at radius 1 is 1.04 bits per heavy atom. The molecule has 0 saturated heterocycles. The van der Waals surface area contributed by atoms with Gasteiger partial charge in [-0.3, -0.25) is 14.8 Å². The monoisotopic (exact) mass is 361 g/mol. The fourth-order valence-corrected chi connectivity index (χ4v) is 3.08. The summed E-state index contributed by atoms with van der Waals surface area (Å²) in [4.78, 5) is 16.8. The number of carbonyl (C=O) groups is 1. The van der Waals surface area contributed by atoms with Crippen LogP contribution >= 0.6 is 11.5 Å². The third-order valence-electron chi connectivity index (χ3n) is 3.80. The molecule has 6 nitrogen and oxygen atoms in total. The second-order valence-corrected chi connectivity index (χ2v) is 6.40. The Labute approximate surface area is 154 Å². The molecule has 0 atom stereocenters. The van der Waals surface area contributed by atoms with Crippen molar-refractivity contribution < 1.29 is 4.79 Å². The van der Waals surface area contributed by atoms with E-state index in [0.29, 0.717) is 23.1 Å². The molecule has 0 aliphatic carbocycles. The first-order chi connectivity index (χ1) is 12.8. The molecule has 0 fully saturated rings. The van der Waals surface area contributed by atoms with Crippen LogP contribution in [0.1, 0.15) is 15.9 Å². The van der Waals surface area contributed by atoms with Crippen LogP contribution in [0.15, 0.2) is 73.1 Å². The summed E-state index contributed by atoms with van der Waals surface area (Å²) >= 11 is 1.17. The number of anilines is 1. The Morgan fingerprint density at radius 2 is 1.85 bits per heavy atom. The molecule has 7 heteroatoms. The van der Waals surface area contributed by atoms with Gasteiger partial charge in [0.05, 0.1) is 6.54 Å². The van der Waals surface area contributed by atoms with Crippen molar-refractivity contribution in [3.63, 3.8) is 0 Å². The van der Waals surface area contributed by atoms with Gasteiger partial charge in [0, 0.05) is 35.1 Å². The molecule has 4 aromatic rings. The summed E-state index contributed by atoms with van der Waals surface area (Å²) in [6.07, 6.45) is 3.65. The first kappa shape index (κ1) is 16.2. The maximum absolute atomic E-state index is 12.4. The van der Waals surface area contributed by atoms with Crippen LogP contribution in [0, 0.1) is 0 Å². The zero-order chi connectivity index (χ0) is 17.8. The van der Waals surface area contributed by atoms with E-state index in [1.807, 2.05) is 59.4 Å². The molecule has 1 amide bonds.